The molecule has 1 saturated heterocycles. The van der Waals surface area contributed by atoms with Crippen LogP contribution in [0.5, 0.6) is 0 Å². The number of anilines is 1. The van der Waals surface area contributed by atoms with E-state index in [-0.39, 0.29) is 0 Å². The van der Waals surface area contributed by atoms with Crippen molar-refractivity contribution in [3.05, 3.63) is 29.8 Å². The van der Waals surface area contributed by atoms with E-state index in [2.05, 4.69) is 34.9 Å². The number of ether oxygens (including phenoxy) is 1. The fraction of sp³-hybridized carbons (Fsp3) is 0.571. The van der Waals surface area contributed by atoms with Crippen LogP contribution in [0.15, 0.2) is 24.3 Å². The Morgan fingerprint density at radius 3 is 2.53 bits per heavy atom. The van der Waals surface area contributed by atoms with E-state index < -0.39 is 0 Å². The molecule has 0 amide bonds. The molecule has 0 atom stereocenters. The maximum absolute atomic E-state index is 4.94. The van der Waals surface area contributed by atoms with Gasteiger partial charge in [0.15, 0.2) is 0 Å². The van der Waals surface area contributed by atoms with Crippen molar-refractivity contribution in [1.82, 2.24) is 5.32 Å². The molecule has 2 aliphatic heterocycles. The Hall–Kier alpha value is -1.06. The molecule has 0 aromatic heterocycles. The van der Waals surface area contributed by atoms with Crippen LogP contribution in [0.4, 0.5) is 5.69 Å². The lowest BCUT2D eigenvalue weighted by atomic mass is 10.1. The van der Waals surface area contributed by atoms with Gasteiger partial charge in [-0.05, 0) is 37.4 Å². The van der Waals surface area contributed by atoms with Gasteiger partial charge in [0.25, 0.3) is 0 Å². The first kappa shape index (κ1) is 12.4. The average Bonchev–Trinajstić information content (AvgIpc) is 2.88. The Labute approximate surface area is 104 Å². The largest absolute Gasteiger partial charge is 0.384 e. The van der Waals surface area contributed by atoms with E-state index in [0.717, 1.165) is 39.3 Å². The first-order valence-corrected chi connectivity index (χ1v) is 6.57. The lowest BCUT2D eigenvalue weighted by molar-refractivity contribution is 0.198. The van der Waals surface area contributed by atoms with Gasteiger partial charge >= 0.3 is 0 Å². The quantitative estimate of drug-likeness (QED) is 0.720. The van der Waals surface area contributed by atoms with Gasteiger partial charge < -0.3 is 15.4 Å². The second-order valence-corrected chi connectivity index (χ2v) is 4.40. The second kappa shape index (κ2) is 7.30. The average molecular weight is 234 g/mol. The molecule has 2 N–H and O–H groups in total. The van der Waals surface area contributed by atoms with Crippen LogP contribution in [0.3, 0.4) is 0 Å². The van der Waals surface area contributed by atoms with Crippen LogP contribution < -0.4 is 10.6 Å². The van der Waals surface area contributed by atoms with E-state index >= 15 is 0 Å². The van der Waals surface area contributed by atoms with Crippen molar-refractivity contribution in [3.63, 3.8) is 0 Å². The lowest BCUT2D eigenvalue weighted by Gasteiger charge is -2.16. The zero-order valence-electron chi connectivity index (χ0n) is 10.4. The predicted octanol–water partition coefficient (Wildman–Crippen LogP) is 2.04. The highest BCUT2D eigenvalue weighted by Gasteiger charge is 2.02. The minimum atomic E-state index is 1.00. The molecular formula is C14H22N2O. The minimum absolute atomic E-state index is 1.00. The summed E-state index contributed by atoms with van der Waals surface area (Å²) < 4.78 is 4.94. The molecule has 3 heteroatoms. The van der Waals surface area contributed by atoms with Crippen molar-refractivity contribution in [2.75, 3.05) is 38.2 Å². The van der Waals surface area contributed by atoms with Crippen LogP contribution in [0.2, 0.25) is 0 Å². The molecule has 2 heterocycles. The summed E-state index contributed by atoms with van der Waals surface area (Å²) in [7, 11) is 0. The van der Waals surface area contributed by atoms with E-state index in [1.165, 1.54) is 24.1 Å². The monoisotopic (exact) mass is 234 g/mol. The Bertz CT molecular complexity index is 289. The van der Waals surface area contributed by atoms with Gasteiger partial charge in [-0.15, -0.1) is 0 Å². The van der Waals surface area contributed by atoms with Crippen LogP contribution in [0, 0.1) is 0 Å². The highest BCUT2D eigenvalue weighted by atomic mass is 16.5. The summed E-state index contributed by atoms with van der Waals surface area (Å²) in [5.74, 6) is 0. The molecule has 0 radical (unpaired) electrons. The Morgan fingerprint density at radius 2 is 1.76 bits per heavy atom. The number of nitrogens with one attached hydrogen (secondary N) is 2. The number of para-hydroxylation sites is 1. The number of rotatable bonds is 0. The third-order valence-electron chi connectivity index (χ3n) is 3.03. The smallest absolute Gasteiger partial charge is 0.0466 e. The van der Waals surface area contributed by atoms with E-state index in [0.29, 0.717) is 0 Å². The predicted molar refractivity (Wildman–Crippen MR) is 71.6 cm³/mol. The molecule has 0 unspecified atom stereocenters. The summed E-state index contributed by atoms with van der Waals surface area (Å²) >= 11 is 0. The summed E-state index contributed by atoms with van der Waals surface area (Å²) in [5, 5.41) is 6.77. The summed E-state index contributed by atoms with van der Waals surface area (Å²) in [6.07, 6.45) is 3.68. The van der Waals surface area contributed by atoms with Crippen molar-refractivity contribution >= 4 is 5.69 Å². The fourth-order valence-corrected chi connectivity index (χ4v) is 2.05. The topological polar surface area (TPSA) is 33.3 Å². The SMILES string of the molecule is C1CCOC1.c1ccc2c(c1)CCNCCN2. The number of hydrogen-bond acceptors (Lipinski definition) is 3. The van der Waals surface area contributed by atoms with Gasteiger partial charge in [0, 0.05) is 32.0 Å². The molecule has 1 aromatic rings. The summed E-state index contributed by atoms with van der Waals surface area (Å²) in [6, 6.07) is 8.53. The van der Waals surface area contributed by atoms with Crippen LogP contribution in [0.1, 0.15) is 18.4 Å². The molecule has 0 saturated carbocycles. The van der Waals surface area contributed by atoms with Crippen LogP contribution in [0.25, 0.3) is 0 Å². The zero-order valence-corrected chi connectivity index (χ0v) is 10.4. The van der Waals surface area contributed by atoms with Gasteiger partial charge in [-0.1, -0.05) is 18.2 Å². The maximum Gasteiger partial charge on any atom is 0.0466 e. The highest BCUT2D eigenvalue weighted by Crippen LogP contribution is 2.15. The Kier molecular flexibility index (Phi) is 5.33. The number of benzene rings is 1. The molecule has 2 aliphatic rings. The van der Waals surface area contributed by atoms with Crippen LogP contribution in [-0.2, 0) is 11.2 Å². The first-order valence-electron chi connectivity index (χ1n) is 6.57. The van der Waals surface area contributed by atoms with Gasteiger partial charge in [0.1, 0.15) is 0 Å². The third kappa shape index (κ3) is 4.36. The molecule has 1 aromatic carbocycles. The molecule has 1 fully saturated rings. The van der Waals surface area contributed by atoms with Crippen molar-refractivity contribution in [3.8, 4) is 0 Å². The van der Waals surface area contributed by atoms with Gasteiger partial charge in [0.2, 0.25) is 0 Å². The van der Waals surface area contributed by atoms with Crippen LogP contribution in [-0.4, -0.2) is 32.8 Å². The number of hydrogen-bond donors (Lipinski definition) is 2. The maximum atomic E-state index is 4.94. The first-order chi connectivity index (χ1) is 8.47. The zero-order chi connectivity index (χ0) is 11.8. The molecular weight excluding hydrogens is 212 g/mol. The molecule has 0 spiro atoms. The molecule has 94 valence electrons. The van der Waals surface area contributed by atoms with Gasteiger partial charge in [-0.3, -0.25) is 0 Å². The minimum Gasteiger partial charge on any atom is -0.384 e. The van der Waals surface area contributed by atoms with Crippen molar-refractivity contribution < 1.29 is 4.74 Å². The molecule has 17 heavy (non-hydrogen) atoms. The lowest BCUT2D eigenvalue weighted by Crippen LogP contribution is -2.27. The second-order valence-electron chi connectivity index (χ2n) is 4.40. The van der Waals surface area contributed by atoms with E-state index in [1.54, 1.807) is 0 Å². The highest BCUT2D eigenvalue weighted by molar-refractivity contribution is 5.51. The summed E-state index contributed by atoms with van der Waals surface area (Å²) in [4.78, 5) is 0. The van der Waals surface area contributed by atoms with Crippen LogP contribution >= 0.6 is 0 Å². The van der Waals surface area contributed by atoms with Gasteiger partial charge in [-0.25, -0.2) is 0 Å². The molecule has 3 rings (SSSR count). The van der Waals surface area contributed by atoms with Gasteiger partial charge in [0.05, 0.1) is 0 Å². The Morgan fingerprint density at radius 1 is 0.941 bits per heavy atom. The third-order valence-corrected chi connectivity index (χ3v) is 3.03. The number of fused-ring (bicyclic) bond motifs is 1. The normalized spacial score (nSPS) is 19.1. The van der Waals surface area contributed by atoms with Crippen molar-refractivity contribution in [2.45, 2.75) is 19.3 Å². The molecule has 0 aliphatic carbocycles. The van der Waals surface area contributed by atoms with E-state index in [9.17, 15) is 0 Å². The van der Waals surface area contributed by atoms with Crippen molar-refractivity contribution in [2.24, 2.45) is 0 Å². The fourth-order valence-electron chi connectivity index (χ4n) is 2.05. The van der Waals surface area contributed by atoms with E-state index in [1.807, 2.05) is 0 Å². The Balaban J connectivity index is 0.000000181. The summed E-state index contributed by atoms with van der Waals surface area (Å²) in [5.41, 5.74) is 2.73. The standard InChI is InChI=1S/C10H14N2.C4H8O/c1-2-4-10-9(3-1)5-6-11-7-8-12-10;1-2-4-5-3-1/h1-4,11-12H,5-8H2;1-4H2. The molecule has 0 bridgehead atoms. The van der Waals surface area contributed by atoms with Crippen molar-refractivity contribution in [1.29, 1.82) is 0 Å². The molecule has 3 nitrogen and oxygen atoms in total. The summed E-state index contributed by atoms with van der Waals surface area (Å²) in [6.45, 7) is 5.18. The van der Waals surface area contributed by atoms with E-state index in [4.69, 9.17) is 4.74 Å². The van der Waals surface area contributed by atoms with Gasteiger partial charge in [-0.2, -0.15) is 0 Å².